The smallest absolute Gasteiger partial charge is 0.315 e. The van der Waals surface area contributed by atoms with Gasteiger partial charge in [-0.25, -0.2) is 9.69 Å². The third-order valence-corrected chi connectivity index (χ3v) is 7.31. The molecule has 0 aliphatic carbocycles. The number of halogens is 1. The van der Waals surface area contributed by atoms with E-state index in [9.17, 15) is 9.59 Å². The van der Waals surface area contributed by atoms with Crippen LogP contribution in [-0.2, 0) is 4.79 Å². The summed E-state index contributed by atoms with van der Waals surface area (Å²) in [6.45, 7) is 0.228. The molecule has 3 aromatic rings. The number of nitrogens with zero attached hydrogens (tertiary/aromatic N) is 4. The van der Waals surface area contributed by atoms with Crippen molar-refractivity contribution in [3.63, 3.8) is 0 Å². The predicted molar refractivity (Wildman–Crippen MR) is 126 cm³/mol. The first-order valence-corrected chi connectivity index (χ1v) is 11.3. The second kappa shape index (κ2) is 8.30. The summed E-state index contributed by atoms with van der Waals surface area (Å²) in [5, 5.41) is 10.8. The zero-order valence-electron chi connectivity index (χ0n) is 16.8. The molecule has 1 aromatic heterocycles. The summed E-state index contributed by atoms with van der Waals surface area (Å²) in [7, 11) is 0. The summed E-state index contributed by atoms with van der Waals surface area (Å²) in [5.74, 6) is -0.297. The molecule has 2 aromatic carbocycles. The number of hydrogen-bond donors (Lipinski definition) is 0. The van der Waals surface area contributed by atoms with E-state index in [1.165, 1.54) is 16.7 Å². The van der Waals surface area contributed by atoms with Crippen LogP contribution in [0.3, 0.4) is 0 Å². The molecule has 1 saturated heterocycles. The first-order chi connectivity index (χ1) is 15.6. The van der Waals surface area contributed by atoms with Crippen LogP contribution in [0.4, 0.5) is 10.5 Å². The highest BCUT2D eigenvalue weighted by Gasteiger charge is 2.50. The molecule has 1 fully saturated rings. The molecule has 6 nitrogen and oxygen atoms in total. The number of urea groups is 1. The minimum atomic E-state index is -0.531. The Morgan fingerprint density at radius 1 is 1.09 bits per heavy atom. The minimum Gasteiger partial charge on any atom is -0.315 e. The van der Waals surface area contributed by atoms with Gasteiger partial charge in [0.1, 0.15) is 5.25 Å². The van der Waals surface area contributed by atoms with Crippen molar-refractivity contribution in [1.82, 2.24) is 9.88 Å². The van der Waals surface area contributed by atoms with E-state index in [0.29, 0.717) is 10.7 Å². The van der Waals surface area contributed by atoms with Crippen LogP contribution >= 0.6 is 23.4 Å². The van der Waals surface area contributed by atoms with Gasteiger partial charge in [0.15, 0.2) is 0 Å². The van der Waals surface area contributed by atoms with Crippen molar-refractivity contribution < 1.29 is 9.59 Å². The molecule has 8 heteroatoms. The predicted octanol–water partition coefficient (Wildman–Crippen LogP) is 5.10. The maximum Gasteiger partial charge on any atom is 0.332 e. The number of nitriles is 1. The van der Waals surface area contributed by atoms with E-state index >= 15 is 0 Å². The van der Waals surface area contributed by atoms with Gasteiger partial charge in [0.05, 0.1) is 30.4 Å². The molecule has 0 N–H and O–H groups in total. The standard InChI is InChI=1S/C24H17ClN4O2S/c25-18-9-4-3-8-17(18)21-12-19-22(32-21)23(30)29(24(31)28(19)11-5-10-26)20-14-27-13-15-6-1-2-7-16(15)20/h1-4,6-9,12-14,19,22H,5,11H2. The normalized spacial score (nSPS) is 20.3. The van der Waals surface area contributed by atoms with Crippen LogP contribution < -0.4 is 4.90 Å². The van der Waals surface area contributed by atoms with Crippen LogP contribution in [0.15, 0.2) is 67.0 Å². The van der Waals surface area contributed by atoms with Gasteiger partial charge in [-0.1, -0.05) is 54.1 Å². The van der Waals surface area contributed by atoms with E-state index < -0.39 is 17.3 Å². The van der Waals surface area contributed by atoms with Crippen molar-refractivity contribution in [2.75, 3.05) is 11.4 Å². The minimum absolute atomic E-state index is 0.171. The van der Waals surface area contributed by atoms with Crippen LogP contribution in [0.1, 0.15) is 12.0 Å². The van der Waals surface area contributed by atoms with Gasteiger partial charge in [-0.05, 0) is 12.1 Å². The molecule has 2 aliphatic rings. The number of hydrogen-bond acceptors (Lipinski definition) is 5. The Hall–Kier alpha value is -3.34. The van der Waals surface area contributed by atoms with Gasteiger partial charge < -0.3 is 4.90 Å². The van der Waals surface area contributed by atoms with Gasteiger partial charge in [0.2, 0.25) is 0 Å². The van der Waals surface area contributed by atoms with Crippen LogP contribution in [0.2, 0.25) is 5.02 Å². The number of fused-ring (bicyclic) bond motifs is 2. The first kappa shape index (κ1) is 20.6. The summed E-state index contributed by atoms with van der Waals surface area (Å²) in [5.41, 5.74) is 1.28. The van der Waals surface area contributed by atoms with Crippen LogP contribution in [-0.4, -0.2) is 39.7 Å². The Balaban J connectivity index is 1.59. The lowest BCUT2D eigenvalue weighted by molar-refractivity contribution is -0.119. The van der Waals surface area contributed by atoms with Crippen molar-refractivity contribution in [3.05, 3.63) is 77.6 Å². The molecule has 32 heavy (non-hydrogen) atoms. The molecule has 5 rings (SSSR count). The summed E-state index contributed by atoms with van der Waals surface area (Å²) in [6.07, 6.45) is 5.34. The van der Waals surface area contributed by atoms with Crippen molar-refractivity contribution in [1.29, 1.82) is 5.26 Å². The van der Waals surface area contributed by atoms with E-state index in [4.69, 9.17) is 16.9 Å². The van der Waals surface area contributed by atoms with E-state index in [-0.39, 0.29) is 18.9 Å². The lowest BCUT2D eigenvalue weighted by atomic mass is 10.0. The largest absolute Gasteiger partial charge is 0.332 e. The SMILES string of the molecule is N#CCCN1C(=O)N(c2cncc3ccccc23)C(=O)C2SC(c3ccccc3Cl)=CC21. The van der Waals surface area contributed by atoms with E-state index in [1.54, 1.807) is 23.4 Å². The van der Waals surface area contributed by atoms with Crippen molar-refractivity contribution >= 4 is 56.7 Å². The number of pyridine rings is 1. The van der Waals surface area contributed by atoms with Gasteiger partial charge in [-0.15, -0.1) is 11.8 Å². The van der Waals surface area contributed by atoms with Crippen molar-refractivity contribution in [2.24, 2.45) is 0 Å². The number of rotatable bonds is 4. The molecule has 0 radical (unpaired) electrons. The third-order valence-electron chi connectivity index (χ3n) is 5.64. The van der Waals surface area contributed by atoms with E-state index in [1.807, 2.05) is 48.5 Å². The molecule has 3 heterocycles. The highest BCUT2D eigenvalue weighted by molar-refractivity contribution is 8.09. The molecule has 3 amide bonds. The van der Waals surface area contributed by atoms with Crippen LogP contribution in [0.5, 0.6) is 0 Å². The lowest BCUT2D eigenvalue weighted by Crippen LogP contribution is -2.62. The maximum absolute atomic E-state index is 13.6. The van der Waals surface area contributed by atoms with Crippen molar-refractivity contribution in [2.45, 2.75) is 17.7 Å². The number of imide groups is 1. The molecule has 0 bridgehead atoms. The van der Waals surface area contributed by atoms with Gasteiger partial charge in [0, 0.05) is 39.0 Å². The van der Waals surface area contributed by atoms with Crippen molar-refractivity contribution in [3.8, 4) is 6.07 Å². The summed E-state index contributed by atoms with van der Waals surface area (Å²) < 4.78 is 0. The quantitative estimate of drug-likeness (QED) is 0.541. The zero-order valence-corrected chi connectivity index (χ0v) is 18.4. The van der Waals surface area contributed by atoms with Gasteiger partial charge >= 0.3 is 6.03 Å². The fourth-order valence-corrected chi connectivity index (χ4v) is 5.81. The van der Waals surface area contributed by atoms with Gasteiger partial charge in [0.25, 0.3) is 5.91 Å². The zero-order chi connectivity index (χ0) is 22.2. The molecule has 158 valence electrons. The van der Waals surface area contributed by atoms with E-state index in [0.717, 1.165) is 21.2 Å². The number of thioether (sulfide) groups is 1. The fourth-order valence-electron chi connectivity index (χ4n) is 4.15. The average Bonchev–Trinajstić information content (AvgIpc) is 3.25. The summed E-state index contributed by atoms with van der Waals surface area (Å²) in [4.78, 5) is 35.1. The average molecular weight is 461 g/mol. The topological polar surface area (TPSA) is 77.3 Å². The summed E-state index contributed by atoms with van der Waals surface area (Å²) in [6, 6.07) is 16.2. The molecule has 2 aliphatic heterocycles. The number of benzene rings is 2. The Kier molecular flexibility index (Phi) is 5.33. The molecular formula is C24H17ClN4O2S. The number of amides is 3. The second-order valence-electron chi connectivity index (χ2n) is 7.48. The second-order valence-corrected chi connectivity index (χ2v) is 9.07. The highest BCUT2D eigenvalue weighted by atomic mass is 35.5. The fraction of sp³-hybridized carbons (Fsp3) is 0.167. The Labute approximate surface area is 194 Å². The Morgan fingerprint density at radius 2 is 1.88 bits per heavy atom. The molecule has 2 atom stereocenters. The Bertz CT molecular complexity index is 1310. The highest BCUT2D eigenvalue weighted by Crippen LogP contribution is 2.47. The molecule has 2 unspecified atom stereocenters. The van der Waals surface area contributed by atoms with E-state index in [2.05, 4.69) is 11.1 Å². The first-order valence-electron chi connectivity index (χ1n) is 10.1. The van der Waals surface area contributed by atoms with Gasteiger partial charge in [-0.3, -0.25) is 9.78 Å². The Morgan fingerprint density at radius 3 is 2.69 bits per heavy atom. The number of aromatic nitrogens is 1. The molecule has 0 saturated carbocycles. The monoisotopic (exact) mass is 460 g/mol. The number of carbonyl (C=O) groups is 2. The maximum atomic E-state index is 13.6. The number of carbonyl (C=O) groups excluding carboxylic acids is 2. The van der Waals surface area contributed by atoms with Crippen LogP contribution in [0.25, 0.3) is 15.7 Å². The lowest BCUT2D eigenvalue weighted by Gasteiger charge is -2.41. The van der Waals surface area contributed by atoms with Crippen LogP contribution in [0, 0.1) is 11.3 Å². The van der Waals surface area contributed by atoms with Gasteiger partial charge in [-0.2, -0.15) is 5.26 Å². The summed E-state index contributed by atoms with van der Waals surface area (Å²) >= 11 is 7.80. The number of anilines is 1. The molecular weight excluding hydrogens is 444 g/mol. The molecule has 0 spiro atoms. The third kappa shape index (κ3) is 3.32.